The van der Waals surface area contributed by atoms with Crippen LogP contribution in [0.25, 0.3) is 16.8 Å². The van der Waals surface area contributed by atoms with Crippen LogP contribution in [0.5, 0.6) is 0 Å². The van der Waals surface area contributed by atoms with Gasteiger partial charge < -0.3 is 9.84 Å². The van der Waals surface area contributed by atoms with Gasteiger partial charge in [-0.05, 0) is 23.1 Å². The van der Waals surface area contributed by atoms with Crippen molar-refractivity contribution in [3.8, 4) is 0 Å². The van der Waals surface area contributed by atoms with E-state index in [2.05, 4.69) is 10.3 Å². The van der Waals surface area contributed by atoms with Crippen molar-refractivity contribution in [2.45, 2.75) is 6.61 Å². The number of carbonyl (C=O) groups is 2. The molecule has 0 spiro atoms. The van der Waals surface area contributed by atoms with Gasteiger partial charge in [-0.15, -0.1) is 0 Å². The SMILES string of the molecule is O=C(N/C(=C\c1cc2ccccc2cn1)C(=O)O)OCc1ccccc1. The van der Waals surface area contributed by atoms with Crippen LogP contribution < -0.4 is 5.32 Å². The fourth-order valence-electron chi connectivity index (χ4n) is 2.35. The summed E-state index contributed by atoms with van der Waals surface area (Å²) < 4.78 is 5.04. The first-order valence-electron chi connectivity index (χ1n) is 7.89. The lowest BCUT2D eigenvalue weighted by molar-refractivity contribution is -0.132. The molecule has 1 aromatic heterocycles. The maximum absolute atomic E-state index is 11.9. The molecule has 6 heteroatoms. The Morgan fingerprint density at radius 1 is 1.04 bits per heavy atom. The second-order valence-electron chi connectivity index (χ2n) is 5.51. The molecule has 0 radical (unpaired) electrons. The van der Waals surface area contributed by atoms with Gasteiger partial charge in [0.25, 0.3) is 0 Å². The highest BCUT2D eigenvalue weighted by Crippen LogP contribution is 2.15. The van der Waals surface area contributed by atoms with Gasteiger partial charge in [-0.25, -0.2) is 9.59 Å². The predicted molar refractivity (Wildman–Crippen MR) is 97.1 cm³/mol. The zero-order chi connectivity index (χ0) is 18.4. The van der Waals surface area contributed by atoms with Gasteiger partial charge in [0.2, 0.25) is 0 Å². The smallest absolute Gasteiger partial charge is 0.412 e. The predicted octanol–water partition coefficient (Wildman–Crippen LogP) is 3.59. The number of benzene rings is 2. The fraction of sp³-hybridized carbons (Fsp3) is 0.0500. The van der Waals surface area contributed by atoms with Crippen LogP contribution in [0.15, 0.2) is 72.6 Å². The maximum atomic E-state index is 11.9. The van der Waals surface area contributed by atoms with Crippen LogP contribution in [0.4, 0.5) is 4.79 Å². The highest BCUT2D eigenvalue weighted by atomic mass is 16.5. The molecule has 0 fully saturated rings. The van der Waals surface area contributed by atoms with Crippen molar-refractivity contribution in [1.82, 2.24) is 10.3 Å². The summed E-state index contributed by atoms with van der Waals surface area (Å²) in [5.74, 6) is -1.28. The van der Waals surface area contributed by atoms with Crippen LogP contribution in [-0.2, 0) is 16.1 Å². The van der Waals surface area contributed by atoms with Crippen LogP contribution in [0.2, 0.25) is 0 Å². The molecular weight excluding hydrogens is 332 g/mol. The van der Waals surface area contributed by atoms with Crippen molar-refractivity contribution >= 4 is 28.9 Å². The molecule has 3 rings (SSSR count). The first-order chi connectivity index (χ1) is 12.6. The normalized spacial score (nSPS) is 11.2. The summed E-state index contributed by atoms with van der Waals surface area (Å²) in [6, 6.07) is 18.4. The number of hydrogen-bond acceptors (Lipinski definition) is 4. The number of carboxylic acids is 1. The van der Waals surface area contributed by atoms with E-state index in [-0.39, 0.29) is 12.3 Å². The van der Waals surface area contributed by atoms with Crippen LogP contribution >= 0.6 is 0 Å². The standard InChI is InChI=1S/C20H16N2O4/c23-19(24)18(22-20(25)26-13-14-6-2-1-3-7-14)11-17-10-15-8-4-5-9-16(15)12-21-17/h1-12H,13H2,(H,22,25)(H,23,24)/b18-11-. The van der Waals surface area contributed by atoms with Gasteiger partial charge in [0.1, 0.15) is 12.3 Å². The minimum Gasteiger partial charge on any atom is -0.477 e. The quantitative estimate of drug-likeness (QED) is 0.688. The minimum absolute atomic E-state index is 0.0494. The Morgan fingerprint density at radius 2 is 1.73 bits per heavy atom. The summed E-state index contributed by atoms with van der Waals surface area (Å²) >= 11 is 0. The van der Waals surface area contributed by atoms with E-state index in [9.17, 15) is 14.7 Å². The van der Waals surface area contributed by atoms with E-state index in [4.69, 9.17) is 4.74 Å². The summed E-state index contributed by atoms with van der Waals surface area (Å²) in [6.45, 7) is 0.0494. The van der Waals surface area contributed by atoms with E-state index >= 15 is 0 Å². The number of amides is 1. The molecular formula is C20H16N2O4. The summed E-state index contributed by atoms with van der Waals surface area (Å²) in [5, 5.41) is 13.4. The lowest BCUT2D eigenvalue weighted by atomic mass is 10.1. The lowest BCUT2D eigenvalue weighted by Gasteiger charge is -2.08. The highest BCUT2D eigenvalue weighted by Gasteiger charge is 2.13. The van der Waals surface area contributed by atoms with E-state index in [1.807, 2.05) is 42.5 Å². The van der Waals surface area contributed by atoms with Crippen molar-refractivity contribution in [2.75, 3.05) is 0 Å². The zero-order valence-corrected chi connectivity index (χ0v) is 13.8. The van der Waals surface area contributed by atoms with E-state index in [0.29, 0.717) is 5.69 Å². The van der Waals surface area contributed by atoms with Crippen molar-refractivity contribution < 1.29 is 19.4 Å². The number of rotatable bonds is 5. The van der Waals surface area contributed by atoms with Gasteiger partial charge in [-0.1, -0.05) is 54.6 Å². The first kappa shape index (κ1) is 17.2. The number of ether oxygens (including phenoxy) is 1. The number of fused-ring (bicyclic) bond motifs is 1. The van der Waals surface area contributed by atoms with Crippen LogP contribution in [0, 0.1) is 0 Å². The van der Waals surface area contributed by atoms with Gasteiger partial charge in [-0.2, -0.15) is 0 Å². The molecule has 2 aromatic carbocycles. The Labute approximate surface area is 149 Å². The Kier molecular flexibility index (Phi) is 5.24. The molecule has 0 unspecified atom stereocenters. The fourth-order valence-corrected chi connectivity index (χ4v) is 2.35. The summed E-state index contributed by atoms with van der Waals surface area (Å²) in [7, 11) is 0. The number of carbonyl (C=O) groups excluding carboxylic acids is 1. The first-order valence-corrected chi connectivity index (χ1v) is 7.89. The Hall–Kier alpha value is -3.67. The van der Waals surface area contributed by atoms with Crippen molar-refractivity contribution in [1.29, 1.82) is 0 Å². The van der Waals surface area contributed by atoms with E-state index in [0.717, 1.165) is 16.3 Å². The average Bonchev–Trinajstić information content (AvgIpc) is 2.66. The summed E-state index contributed by atoms with van der Waals surface area (Å²) in [5.41, 5.74) is 0.912. The van der Waals surface area contributed by atoms with Crippen LogP contribution in [0.3, 0.4) is 0 Å². The molecule has 0 bridgehead atoms. The Bertz CT molecular complexity index is 968. The van der Waals surface area contributed by atoms with Crippen molar-refractivity contribution in [3.63, 3.8) is 0 Å². The summed E-state index contributed by atoms with van der Waals surface area (Å²) in [6.07, 6.45) is 2.09. The number of carboxylic acid groups (broad SMARTS) is 1. The molecule has 0 aliphatic heterocycles. The highest BCUT2D eigenvalue weighted by molar-refractivity contribution is 5.95. The number of alkyl carbamates (subject to hydrolysis) is 1. The lowest BCUT2D eigenvalue weighted by Crippen LogP contribution is -2.27. The van der Waals surface area contributed by atoms with Crippen molar-refractivity contribution in [3.05, 3.63) is 83.8 Å². The number of pyridine rings is 1. The van der Waals surface area contributed by atoms with Gasteiger partial charge >= 0.3 is 12.1 Å². The molecule has 2 N–H and O–H groups in total. The van der Waals surface area contributed by atoms with Crippen molar-refractivity contribution in [2.24, 2.45) is 0 Å². The molecule has 1 heterocycles. The van der Waals surface area contributed by atoms with E-state index in [1.54, 1.807) is 24.4 Å². The number of nitrogens with zero attached hydrogens (tertiary/aromatic N) is 1. The number of aliphatic carboxylic acids is 1. The topological polar surface area (TPSA) is 88.5 Å². The van der Waals surface area contributed by atoms with Crippen LogP contribution in [0.1, 0.15) is 11.3 Å². The number of nitrogens with one attached hydrogen (secondary N) is 1. The zero-order valence-electron chi connectivity index (χ0n) is 13.8. The molecule has 26 heavy (non-hydrogen) atoms. The second kappa shape index (κ2) is 7.94. The molecule has 0 saturated heterocycles. The second-order valence-corrected chi connectivity index (χ2v) is 5.51. The van der Waals surface area contributed by atoms with Crippen LogP contribution in [-0.4, -0.2) is 22.2 Å². The minimum atomic E-state index is -1.28. The number of aromatic nitrogens is 1. The number of hydrogen-bond donors (Lipinski definition) is 2. The van der Waals surface area contributed by atoms with E-state index < -0.39 is 12.1 Å². The molecule has 0 aliphatic rings. The maximum Gasteiger partial charge on any atom is 0.412 e. The average molecular weight is 348 g/mol. The van der Waals surface area contributed by atoms with E-state index in [1.165, 1.54) is 6.08 Å². The molecule has 1 amide bonds. The largest absolute Gasteiger partial charge is 0.477 e. The molecule has 0 saturated carbocycles. The van der Waals surface area contributed by atoms with Gasteiger partial charge in [-0.3, -0.25) is 10.3 Å². The Balaban J connectivity index is 1.72. The third-order valence-corrected chi connectivity index (χ3v) is 3.62. The monoisotopic (exact) mass is 348 g/mol. The van der Waals surface area contributed by atoms with Gasteiger partial charge in [0.05, 0.1) is 5.69 Å². The molecule has 130 valence electrons. The molecule has 0 atom stereocenters. The van der Waals surface area contributed by atoms with Gasteiger partial charge in [0.15, 0.2) is 0 Å². The molecule has 0 aliphatic carbocycles. The third kappa shape index (κ3) is 4.45. The Morgan fingerprint density at radius 3 is 2.46 bits per heavy atom. The molecule has 3 aromatic rings. The summed E-state index contributed by atoms with van der Waals surface area (Å²) in [4.78, 5) is 27.5. The van der Waals surface area contributed by atoms with Gasteiger partial charge in [0, 0.05) is 11.6 Å². The molecule has 6 nitrogen and oxygen atoms in total. The third-order valence-electron chi connectivity index (χ3n) is 3.62.